The van der Waals surface area contributed by atoms with Crippen LogP contribution in [0.4, 0.5) is 0 Å². The smallest absolute Gasteiger partial charge is 0.174 e. The summed E-state index contributed by atoms with van der Waals surface area (Å²) in [5.41, 5.74) is 3.86. The summed E-state index contributed by atoms with van der Waals surface area (Å²) in [7, 11) is 0. The third kappa shape index (κ3) is 1.99. The van der Waals surface area contributed by atoms with Gasteiger partial charge in [0.25, 0.3) is 0 Å². The topological polar surface area (TPSA) is 70.2 Å². The maximum absolute atomic E-state index is 3.96. The first-order valence-electron chi connectivity index (χ1n) is 6.13. The van der Waals surface area contributed by atoms with Gasteiger partial charge in [-0.2, -0.15) is 5.21 Å². The third-order valence-electron chi connectivity index (χ3n) is 3.24. The molecule has 2 aromatic heterocycles. The average Bonchev–Trinajstić information content (AvgIpc) is 2.98. The van der Waals surface area contributed by atoms with E-state index in [2.05, 4.69) is 56.8 Å². The zero-order valence-electron chi connectivity index (χ0n) is 10.3. The maximum Gasteiger partial charge on any atom is 0.174 e. The Morgan fingerprint density at radius 2 is 2.06 bits per heavy atom. The van der Waals surface area contributed by atoms with Gasteiger partial charge in [-0.05, 0) is 31.4 Å². The van der Waals surface area contributed by atoms with E-state index in [0.717, 1.165) is 25.1 Å². The lowest BCUT2D eigenvalue weighted by Gasteiger charge is -1.99. The lowest BCUT2D eigenvalue weighted by Crippen LogP contribution is -1.93. The van der Waals surface area contributed by atoms with E-state index in [1.807, 2.05) is 0 Å². The first kappa shape index (κ1) is 11.0. The Labute approximate surface area is 105 Å². The molecule has 18 heavy (non-hydrogen) atoms. The predicted molar refractivity (Wildman–Crippen MR) is 69.2 cm³/mol. The zero-order chi connectivity index (χ0) is 12.4. The van der Waals surface area contributed by atoms with E-state index in [1.54, 1.807) is 0 Å². The van der Waals surface area contributed by atoms with E-state index >= 15 is 0 Å². The molecule has 2 heterocycles. The number of para-hydroxylation sites is 1. The number of benzene rings is 1. The molecule has 0 radical (unpaired) electrons. The van der Waals surface area contributed by atoms with Crippen LogP contribution in [0.5, 0.6) is 0 Å². The van der Waals surface area contributed by atoms with Crippen molar-refractivity contribution in [1.82, 2.24) is 25.6 Å². The number of nitrogens with one attached hydrogen (secondary N) is 2. The van der Waals surface area contributed by atoms with Crippen LogP contribution in [0.3, 0.4) is 0 Å². The van der Waals surface area contributed by atoms with Gasteiger partial charge in [0.05, 0.1) is 0 Å². The summed E-state index contributed by atoms with van der Waals surface area (Å²) in [5, 5.41) is 15.3. The highest BCUT2D eigenvalue weighted by atomic mass is 15.5. The van der Waals surface area contributed by atoms with Crippen molar-refractivity contribution in [2.24, 2.45) is 0 Å². The standard InChI is InChI=1S/C13H15N5/c1-9-10(6-4-8-13-15-17-18-16-13)11-5-2-3-7-12(11)14-9/h2-3,5,7,14H,4,6,8H2,1H3,(H,15,16,17,18). The molecule has 92 valence electrons. The number of nitrogens with zero attached hydrogens (tertiary/aromatic N) is 3. The van der Waals surface area contributed by atoms with Crippen LogP contribution in [0.2, 0.25) is 0 Å². The van der Waals surface area contributed by atoms with E-state index < -0.39 is 0 Å². The molecule has 0 unspecified atom stereocenters. The molecule has 0 amide bonds. The van der Waals surface area contributed by atoms with Gasteiger partial charge in [-0.25, -0.2) is 0 Å². The fourth-order valence-corrected chi connectivity index (χ4v) is 2.37. The Kier molecular flexibility index (Phi) is 2.80. The molecule has 1 aromatic carbocycles. The second kappa shape index (κ2) is 4.60. The van der Waals surface area contributed by atoms with Crippen molar-refractivity contribution in [3.05, 3.63) is 41.3 Å². The molecule has 0 atom stereocenters. The van der Waals surface area contributed by atoms with Crippen molar-refractivity contribution in [2.75, 3.05) is 0 Å². The SMILES string of the molecule is Cc1[nH]c2ccccc2c1CCCc1nn[nH]n1. The summed E-state index contributed by atoms with van der Waals surface area (Å²) >= 11 is 0. The molecule has 0 aliphatic carbocycles. The number of hydrogen-bond donors (Lipinski definition) is 2. The highest BCUT2D eigenvalue weighted by Gasteiger charge is 2.08. The van der Waals surface area contributed by atoms with Gasteiger partial charge in [-0.1, -0.05) is 23.4 Å². The Morgan fingerprint density at radius 1 is 1.17 bits per heavy atom. The lowest BCUT2D eigenvalue weighted by molar-refractivity contribution is 0.773. The van der Waals surface area contributed by atoms with Crippen molar-refractivity contribution in [2.45, 2.75) is 26.2 Å². The zero-order valence-corrected chi connectivity index (χ0v) is 10.3. The summed E-state index contributed by atoms with van der Waals surface area (Å²) in [6.07, 6.45) is 2.92. The van der Waals surface area contributed by atoms with Crippen LogP contribution in [0, 0.1) is 6.92 Å². The molecule has 0 aliphatic heterocycles. The second-order valence-corrected chi connectivity index (χ2v) is 4.46. The van der Waals surface area contributed by atoms with Gasteiger partial charge in [0.15, 0.2) is 5.82 Å². The summed E-state index contributed by atoms with van der Waals surface area (Å²) < 4.78 is 0. The van der Waals surface area contributed by atoms with Gasteiger partial charge >= 0.3 is 0 Å². The second-order valence-electron chi connectivity index (χ2n) is 4.46. The van der Waals surface area contributed by atoms with E-state index in [1.165, 1.54) is 22.2 Å². The van der Waals surface area contributed by atoms with Crippen LogP contribution in [-0.2, 0) is 12.8 Å². The molecule has 0 bridgehead atoms. The fourth-order valence-electron chi connectivity index (χ4n) is 2.37. The Morgan fingerprint density at radius 3 is 2.89 bits per heavy atom. The van der Waals surface area contributed by atoms with E-state index in [-0.39, 0.29) is 0 Å². The van der Waals surface area contributed by atoms with Crippen molar-refractivity contribution in [3.8, 4) is 0 Å². The molecule has 0 spiro atoms. The number of aromatic nitrogens is 5. The van der Waals surface area contributed by atoms with Crippen molar-refractivity contribution in [1.29, 1.82) is 0 Å². The first-order chi connectivity index (χ1) is 8.84. The van der Waals surface area contributed by atoms with Crippen LogP contribution in [0.1, 0.15) is 23.5 Å². The first-order valence-corrected chi connectivity index (χ1v) is 6.13. The molecule has 2 N–H and O–H groups in total. The molecule has 0 saturated heterocycles. The molecule has 0 fully saturated rings. The normalized spacial score (nSPS) is 11.2. The fraction of sp³-hybridized carbons (Fsp3) is 0.308. The minimum absolute atomic E-state index is 0.785. The highest BCUT2D eigenvalue weighted by Crippen LogP contribution is 2.23. The maximum atomic E-state index is 3.96. The lowest BCUT2D eigenvalue weighted by atomic mass is 10.0. The number of aryl methyl sites for hydroxylation is 3. The summed E-state index contributed by atoms with van der Waals surface area (Å²) in [4.78, 5) is 3.42. The van der Waals surface area contributed by atoms with Gasteiger partial charge in [-0.15, -0.1) is 10.2 Å². The van der Waals surface area contributed by atoms with Crippen LogP contribution in [-0.4, -0.2) is 25.6 Å². The van der Waals surface area contributed by atoms with Crippen molar-refractivity contribution >= 4 is 10.9 Å². The molecular weight excluding hydrogens is 226 g/mol. The third-order valence-corrected chi connectivity index (χ3v) is 3.24. The predicted octanol–water partition coefficient (Wildman–Crippen LogP) is 2.16. The van der Waals surface area contributed by atoms with Gasteiger partial charge in [0.2, 0.25) is 0 Å². The number of fused-ring (bicyclic) bond motifs is 1. The molecule has 5 heteroatoms. The Balaban J connectivity index is 1.76. The number of rotatable bonds is 4. The molecule has 3 rings (SSSR count). The van der Waals surface area contributed by atoms with Crippen LogP contribution < -0.4 is 0 Å². The summed E-state index contributed by atoms with van der Waals surface area (Å²) in [6, 6.07) is 8.42. The van der Waals surface area contributed by atoms with E-state index in [0.29, 0.717) is 0 Å². The number of hydrogen-bond acceptors (Lipinski definition) is 3. The van der Waals surface area contributed by atoms with E-state index in [4.69, 9.17) is 0 Å². The van der Waals surface area contributed by atoms with Crippen LogP contribution in [0.25, 0.3) is 10.9 Å². The van der Waals surface area contributed by atoms with Gasteiger partial charge < -0.3 is 4.98 Å². The van der Waals surface area contributed by atoms with Gasteiger partial charge in [0, 0.05) is 23.0 Å². The minimum atomic E-state index is 0.785. The molecular formula is C13H15N5. The van der Waals surface area contributed by atoms with Gasteiger partial charge in [-0.3, -0.25) is 0 Å². The number of tetrazole rings is 1. The molecule has 0 aliphatic rings. The van der Waals surface area contributed by atoms with Crippen LogP contribution in [0.15, 0.2) is 24.3 Å². The quantitative estimate of drug-likeness (QED) is 0.735. The van der Waals surface area contributed by atoms with Gasteiger partial charge in [0.1, 0.15) is 0 Å². The Bertz CT molecular complexity index is 639. The largest absolute Gasteiger partial charge is 0.358 e. The van der Waals surface area contributed by atoms with Crippen molar-refractivity contribution < 1.29 is 0 Å². The summed E-state index contributed by atoms with van der Waals surface area (Å²) in [5.74, 6) is 0.785. The highest BCUT2D eigenvalue weighted by molar-refractivity contribution is 5.84. The van der Waals surface area contributed by atoms with Crippen LogP contribution >= 0.6 is 0 Å². The van der Waals surface area contributed by atoms with Crippen molar-refractivity contribution in [3.63, 3.8) is 0 Å². The molecule has 3 aromatic rings. The Hall–Kier alpha value is -2.17. The summed E-state index contributed by atoms with van der Waals surface area (Å²) in [6.45, 7) is 2.13. The monoisotopic (exact) mass is 241 g/mol. The average molecular weight is 241 g/mol. The number of H-pyrrole nitrogens is 2. The number of aromatic amines is 2. The molecule has 0 saturated carbocycles. The van der Waals surface area contributed by atoms with E-state index in [9.17, 15) is 0 Å². The minimum Gasteiger partial charge on any atom is -0.358 e. The molecule has 5 nitrogen and oxygen atoms in total.